The van der Waals surface area contributed by atoms with E-state index < -0.39 is 0 Å². The number of likely N-dealkylation sites (tertiary alicyclic amines) is 1. The fraction of sp³-hybridized carbons (Fsp3) is 0.923. The highest BCUT2D eigenvalue weighted by atomic mass is 16.2. The van der Waals surface area contributed by atoms with E-state index in [4.69, 9.17) is 5.73 Å². The number of amides is 1. The third-order valence-electron chi connectivity index (χ3n) is 3.71. The second-order valence-corrected chi connectivity index (χ2v) is 6.08. The van der Waals surface area contributed by atoms with Crippen LogP contribution in [0.1, 0.15) is 53.9 Å². The normalized spacial score (nSPS) is 28.2. The van der Waals surface area contributed by atoms with Crippen molar-refractivity contribution in [2.75, 3.05) is 0 Å². The first-order valence-electron chi connectivity index (χ1n) is 6.36. The molecule has 2 N–H and O–H groups in total. The van der Waals surface area contributed by atoms with Crippen LogP contribution in [0.2, 0.25) is 0 Å². The van der Waals surface area contributed by atoms with Gasteiger partial charge in [0.2, 0.25) is 5.91 Å². The van der Waals surface area contributed by atoms with Gasteiger partial charge in [-0.2, -0.15) is 0 Å². The first-order valence-corrected chi connectivity index (χ1v) is 6.36. The minimum atomic E-state index is -0.387. The van der Waals surface area contributed by atoms with Crippen molar-refractivity contribution in [3.63, 3.8) is 0 Å². The fourth-order valence-electron chi connectivity index (χ4n) is 2.40. The van der Waals surface area contributed by atoms with Crippen molar-refractivity contribution in [1.82, 2.24) is 4.90 Å². The second kappa shape index (κ2) is 4.74. The third kappa shape index (κ3) is 2.57. The largest absolute Gasteiger partial charge is 0.336 e. The van der Waals surface area contributed by atoms with E-state index in [0.29, 0.717) is 12.1 Å². The van der Waals surface area contributed by atoms with Crippen molar-refractivity contribution in [1.29, 1.82) is 0 Å². The third-order valence-corrected chi connectivity index (χ3v) is 3.71. The van der Waals surface area contributed by atoms with E-state index in [1.54, 1.807) is 0 Å². The van der Waals surface area contributed by atoms with Gasteiger partial charge in [-0.1, -0.05) is 27.7 Å². The molecule has 1 aliphatic rings. The SMILES string of the molecule is CCC1CCC(C)N1C(=O)C(N)C(C)(C)C. The lowest BCUT2D eigenvalue weighted by Gasteiger charge is -2.35. The van der Waals surface area contributed by atoms with Gasteiger partial charge in [0.05, 0.1) is 6.04 Å². The van der Waals surface area contributed by atoms with E-state index in [1.165, 1.54) is 0 Å². The van der Waals surface area contributed by atoms with E-state index in [0.717, 1.165) is 19.3 Å². The molecule has 3 nitrogen and oxygen atoms in total. The van der Waals surface area contributed by atoms with Crippen molar-refractivity contribution in [3.05, 3.63) is 0 Å². The molecule has 94 valence electrons. The lowest BCUT2D eigenvalue weighted by molar-refractivity contribution is -0.137. The molecule has 3 heteroatoms. The van der Waals surface area contributed by atoms with Gasteiger partial charge in [0, 0.05) is 12.1 Å². The minimum Gasteiger partial charge on any atom is -0.336 e. The van der Waals surface area contributed by atoms with E-state index in [2.05, 4.69) is 13.8 Å². The highest BCUT2D eigenvalue weighted by Crippen LogP contribution is 2.29. The van der Waals surface area contributed by atoms with Gasteiger partial charge < -0.3 is 10.6 Å². The molecule has 0 radical (unpaired) electrons. The molecular weight excluding hydrogens is 200 g/mol. The van der Waals surface area contributed by atoms with Crippen LogP contribution >= 0.6 is 0 Å². The second-order valence-electron chi connectivity index (χ2n) is 6.08. The summed E-state index contributed by atoms with van der Waals surface area (Å²) in [7, 11) is 0. The molecule has 0 aromatic rings. The maximum atomic E-state index is 12.4. The Balaban J connectivity index is 2.79. The lowest BCUT2D eigenvalue weighted by atomic mass is 9.86. The van der Waals surface area contributed by atoms with Crippen LogP contribution in [-0.2, 0) is 4.79 Å². The summed E-state index contributed by atoms with van der Waals surface area (Å²) in [5.74, 6) is 0.129. The molecule has 1 fully saturated rings. The summed E-state index contributed by atoms with van der Waals surface area (Å²) in [5, 5.41) is 0. The van der Waals surface area contributed by atoms with Crippen LogP contribution in [0.3, 0.4) is 0 Å². The monoisotopic (exact) mass is 226 g/mol. The van der Waals surface area contributed by atoms with Crippen molar-refractivity contribution in [3.8, 4) is 0 Å². The van der Waals surface area contributed by atoms with Gasteiger partial charge >= 0.3 is 0 Å². The first kappa shape index (κ1) is 13.5. The molecule has 1 saturated heterocycles. The molecule has 1 heterocycles. The molecule has 0 saturated carbocycles. The van der Waals surface area contributed by atoms with E-state index >= 15 is 0 Å². The molecule has 1 rings (SSSR count). The molecule has 1 amide bonds. The molecule has 3 unspecified atom stereocenters. The molecule has 0 spiro atoms. The van der Waals surface area contributed by atoms with E-state index in [9.17, 15) is 4.79 Å². The van der Waals surface area contributed by atoms with Crippen LogP contribution in [0.4, 0.5) is 0 Å². The zero-order valence-corrected chi connectivity index (χ0v) is 11.3. The summed E-state index contributed by atoms with van der Waals surface area (Å²) < 4.78 is 0. The predicted octanol–water partition coefficient (Wildman–Crippen LogP) is 2.15. The highest BCUT2D eigenvalue weighted by Gasteiger charge is 2.38. The zero-order valence-electron chi connectivity index (χ0n) is 11.3. The van der Waals surface area contributed by atoms with Crippen LogP contribution in [0.5, 0.6) is 0 Å². The minimum absolute atomic E-state index is 0.129. The summed E-state index contributed by atoms with van der Waals surface area (Å²) in [6, 6.07) is 0.365. The number of hydrogen-bond acceptors (Lipinski definition) is 2. The van der Waals surface area contributed by atoms with E-state index in [-0.39, 0.29) is 17.4 Å². The molecule has 0 aliphatic carbocycles. The van der Waals surface area contributed by atoms with Crippen LogP contribution in [0.25, 0.3) is 0 Å². The van der Waals surface area contributed by atoms with Crippen molar-refractivity contribution in [2.24, 2.45) is 11.1 Å². The van der Waals surface area contributed by atoms with Crippen LogP contribution < -0.4 is 5.73 Å². The Bertz CT molecular complexity index is 257. The van der Waals surface area contributed by atoms with Gasteiger partial charge in [-0.25, -0.2) is 0 Å². The van der Waals surface area contributed by atoms with Gasteiger partial charge in [0.25, 0.3) is 0 Å². The molecule has 3 atom stereocenters. The Hall–Kier alpha value is -0.570. The van der Waals surface area contributed by atoms with E-state index in [1.807, 2.05) is 25.7 Å². The average molecular weight is 226 g/mol. The lowest BCUT2D eigenvalue weighted by Crippen LogP contribution is -2.53. The Morgan fingerprint density at radius 3 is 2.44 bits per heavy atom. The maximum absolute atomic E-state index is 12.4. The summed E-state index contributed by atoms with van der Waals surface area (Å²) in [5.41, 5.74) is 5.91. The molecule has 0 aromatic heterocycles. The van der Waals surface area contributed by atoms with Gasteiger partial charge in [0.15, 0.2) is 0 Å². The molecular formula is C13H26N2O. The quantitative estimate of drug-likeness (QED) is 0.784. The van der Waals surface area contributed by atoms with Gasteiger partial charge in [-0.3, -0.25) is 4.79 Å². The number of hydrogen-bond donors (Lipinski definition) is 1. The summed E-state index contributed by atoms with van der Waals surface area (Å²) in [6.45, 7) is 10.3. The van der Waals surface area contributed by atoms with Crippen molar-refractivity contribution < 1.29 is 4.79 Å². The van der Waals surface area contributed by atoms with Crippen LogP contribution in [-0.4, -0.2) is 28.9 Å². The molecule has 0 bridgehead atoms. The molecule has 0 aromatic carbocycles. The Morgan fingerprint density at radius 1 is 1.44 bits per heavy atom. The Kier molecular flexibility index (Phi) is 4.00. The standard InChI is InChI=1S/C13H26N2O/c1-6-10-8-7-9(2)15(10)12(16)11(14)13(3,4)5/h9-11H,6-8,14H2,1-5H3. The molecule has 1 aliphatic heterocycles. The summed E-state index contributed by atoms with van der Waals surface area (Å²) >= 11 is 0. The number of nitrogens with two attached hydrogens (primary N) is 1. The Morgan fingerprint density at radius 2 is 2.00 bits per heavy atom. The average Bonchev–Trinajstić information content (AvgIpc) is 2.56. The summed E-state index contributed by atoms with van der Waals surface area (Å²) in [6.07, 6.45) is 3.27. The number of nitrogens with zero attached hydrogens (tertiary/aromatic N) is 1. The fourth-order valence-corrected chi connectivity index (χ4v) is 2.40. The first-order chi connectivity index (χ1) is 7.29. The van der Waals surface area contributed by atoms with Gasteiger partial charge in [-0.05, 0) is 31.6 Å². The van der Waals surface area contributed by atoms with Crippen LogP contribution in [0.15, 0.2) is 0 Å². The topological polar surface area (TPSA) is 46.3 Å². The summed E-state index contributed by atoms with van der Waals surface area (Å²) in [4.78, 5) is 14.4. The highest BCUT2D eigenvalue weighted by molar-refractivity contribution is 5.83. The number of rotatable bonds is 2. The maximum Gasteiger partial charge on any atom is 0.240 e. The smallest absolute Gasteiger partial charge is 0.240 e. The molecule has 16 heavy (non-hydrogen) atoms. The Labute approximate surface area is 99.4 Å². The number of carbonyl (C=O) groups excluding carboxylic acids is 1. The van der Waals surface area contributed by atoms with Gasteiger partial charge in [-0.15, -0.1) is 0 Å². The van der Waals surface area contributed by atoms with Gasteiger partial charge in [0.1, 0.15) is 0 Å². The van der Waals surface area contributed by atoms with Crippen molar-refractivity contribution in [2.45, 2.75) is 72.0 Å². The van der Waals surface area contributed by atoms with Crippen molar-refractivity contribution >= 4 is 5.91 Å². The zero-order chi connectivity index (χ0) is 12.5. The van der Waals surface area contributed by atoms with Crippen LogP contribution in [0, 0.1) is 5.41 Å². The number of carbonyl (C=O) groups is 1. The predicted molar refractivity (Wildman–Crippen MR) is 67.1 cm³/mol.